The maximum atomic E-state index is 12.0. The van der Waals surface area contributed by atoms with E-state index in [1.165, 1.54) is 11.3 Å². The van der Waals surface area contributed by atoms with E-state index in [1.807, 2.05) is 36.6 Å². The highest BCUT2D eigenvalue weighted by Gasteiger charge is 2.24. The molecule has 0 saturated heterocycles. The molecule has 1 atom stereocenters. The fraction of sp³-hybridized carbons (Fsp3) is 0.312. The molecule has 0 spiro atoms. The number of hydrogen-bond donors (Lipinski definition) is 3. The molecule has 1 aromatic heterocycles. The lowest BCUT2D eigenvalue weighted by Gasteiger charge is -2.22. The molecular weight excluding hydrogens is 300 g/mol. The van der Waals surface area contributed by atoms with Gasteiger partial charge in [0.15, 0.2) is 0 Å². The molecule has 5 nitrogen and oxygen atoms in total. The third-order valence-electron chi connectivity index (χ3n) is 3.34. The lowest BCUT2D eigenvalue weighted by atomic mass is 10.1. The second kappa shape index (κ2) is 6.81. The minimum atomic E-state index is -1.09. The highest BCUT2D eigenvalue weighted by atomic mass is 32.1. The van der Waals surface area contributed by atoms with Gasteiger partial charge in [0.05, 0.1) is 13.7 Å². The van der Waals surface area contributed by atoms with Crippen molar-refractivity contribution in [1.29, 1.82) is 0 Å². The number of rotatable bonds is 5. The Balaban J connectivity index is 1.96. The number of thiophene rings is 1. The van der Waals surface area contributed by atoms with Crippen LogP contribution in [0.1, 0.15) is 17.4 Å². The number of benzene rings is 1. The van der Waals surface area contributed by atoms with Gasteiger partial charge in [-0.1, -0.05) is 12.1 Å². The molecule has 2 aromatic rings. The zero-order valence-corrected chi connectivity index (χ0v) is 13.7. The summed E-state index contributed by atoms with van der Waals surface area (Å²) in [5.41, 5.74) is 0.517. The van der Waals surface area contributed by atoms with Crippen molar-refractivity contribution in [3.05, 3.63) is 46.2 Å². The monoisotopic (exact) mass is 320 g/mol. The number of methoxy groups -OCH3 is 1. The van der Waals surface area contributed by atoms with Crippen molar-refractivity contribution >= 4 is 23.1 Å². The number of amides is 2. The molecule has 1 unspecified atom stereocenters. The number of ether oxygens (including phenoxy) is 1. The Morgan fingerprint density at radius 2 is 2.18 bits per heavy atom. The maximum Gasteiger partial charge on any atom is 0.319 e. The summed E-state index contributed by atoms with van der Waals surface area (Å²) in [4.78, 5) is 12.8. The number of carbonyl (C=O) groups excluding carboxylic acids is 1. The lowest BCUT2D eigenvalue weighted by Crippen LogP contribution is -2.40. The van der Waals surface area contributed by atoms with Crippen molar-refractivity contribution in [1.82, 2.24) is 5.32 Å². The van der Waals surface area contributed by atoms with E-state index >= 15 is 0 Å². The van der Waals surface area contributed by atoms with Crippen molar-refractivity contribution in [2.45, 2.75) is 19.4 Å². The second-order valence-corrected chi connectivity index (χ2v) is 6.19. The van der Waals surface area contributed by atoms with Crippen LogP contribution in [0.5, 0.6) is 5.75 Å². The molecule has 1 aromatic carbocycles. The van der Waals surface area contributed by atoms with E-state index in [-0.39, 0.29) is 12.6 Å². The number of carbonyl (C=O) groups is 1. The number of nitrogens with one attached hydrogen (secondary N) is 2. The quantitative estimate of drug-likeness (QED) is 0.793. The van der Waals surface area contributed by atoms with Gasteiger partial charge in [-0.25, -0.2) is 4.79 Å². The summed E-state index contributed by atoms with van der Waals surface area (Å²) in [5, 5.41) is 17.7. The summed E-state index contributed by atoms with van der Waals surface area (Å²) in [6.45, 7) is 3.70. The Kier molecular flexibility index (Phi) is 5.05. The van der Waals surface area contributed by atoms with Crippen molar-refractivity contribution in [3.63, 3.8) is 0 Å². The average molecular weight is 320 g/mol. The van der Waals surface area contributed by atoms with Crippen LogP contribution in [-0.4, -0.2) is 24.8 Å². The van der Waals surface area contributed by atoms with E-state index in [2.05, 4.69) is 10.6 Å². The Morgan fingerprint density at radius 3 is 2.82 bits per heavy atom. The molecule has 0 radical (unpaired) electrons. The van der Waals surface area contributed by atoms with Crippen LogP contribution in [-0.2, 0) is 5.60 Å². The van der Waals surface area contributed by atoms with Gasteiger partial charge in [0.25, 0.3) is 0 Å². The number of aliphatic hydroxyl groups is 1. The van der Waals surface area contributed by atoms with E-state index in [0.29, 0.717) is 11.4 Å². The van der Waals surface area contributed by atoms with Gasteiger partial charge in [0, 0.05) is 16.6 Å². The molecular formula is C16H20N2O3S. The van der Waals surface area contributed by atoms with Crippen LogP contribution in [0.25, 0.3) is 0 Å². The number of hydrogen-bond acceptors (Lipinski definition) is 4. The molecule has 0 fully saturated rings. The molecule has 3 N–H and O–H groups in total. The van der Waals surface area contributed by atoms with E-state index in [0.717, 1.165) is 10.4 Å². The third-order valence-corrected chi connectivity index (χ3v) is 4.46. The molecule has 0 bridgehead atoms. The number of anilines is 1. The topological polar surface area (TPSA) is 70.6 Å². The van der Waals surface area contributed by atoms with Crippen LogP contribution in [0.3, 0.4) is 0 Å². The van der Waals surface area contributed by atoms with Gasteiger partial charge >= 0.3 is 6.03 Å². The number of aryl methyl sites for hydroxylation is 1. The highest BCUT2D eigenvalue weighted by molar-refractivity contribution is 7.10. The predicted octanol–water partition coefficient (Wildman–Crippen LogP) is 3.09. The summed E-state index contributed by atoms with van der Waals surface area (Å²) >= 11 is 1.45. The molecule has 0 saturated carbocycles. The summed E-state index contributed by atoms with van der Waals surface area (Å²) in [6.07, 6.45) is 0. The summed E-state index contributed by atoms with van der Waals surface area (Å²) in [5.74, 6) is 0.673. The Hall–Kier alpha value is -2.05. The first kappa shape index (κ1) is 16.3. The molecule has 6 heteroatoms. The Morgan fingerprint density at radius 1 is 1.41 bits per heavy atom. The molecule has 0 aliphatic carbocycles. The molecule has 0 aliphatic heterocycles. The minimum absolute atomic E-state index is 0.127. The normalized spacial score (nSPS) is 13.3. The smallest absolute Gasteiger partial charge is 0.319 e. The largest absolute Gasteiger partial charge is 0.497 e. The van der Waals surface area contributed by atoms with Gasteiger partial charge in [-0.2, -0.15) is 0 Å². The molecule has 2 amide bonds. The summed E-state index contributed by atoms with van der Waals surface area (Å²) in [7, 11) is 1.58. The van der Waals surface area contributed by atoms with Crippen LogP contribution in [0.4, 0.5) is 10.5 Å². The maximum absolute atomic E-state index is 12.0. The van der Waals surface area contributed by atoms with Gasteiger partial charge in [0.1, 0.15) is 11.4 Å². The molecule has 2 rings (SSSR count). The van der Waals surface area contributed by atoms with Crippen LogP contribution in [0, 0.1) is 6.92 Å². The van der Waals surface area contributed by atoms with Crippen LogP contribution in [0.2, 0.25) is 0 Å². The van der Waals surface area contributed by atoms with Crippen LogP contribution < -0.4 is 15.4 Å². The lowest BCUT2D eigenvalue weighted by molar-refractivity contribution is 0.0637. The van der Waals surface area contributed by atoms with E-state index in [1.54, 1.807) is 20.1 Å². The zero-order chi connectivity index (χ0) is 16.2. The molecule has 0 aliphatic rings. The third kappa shape index (κ3) is 3.99. The van der Waals surface area contributed by atoms with Crippen LogP contribution in [0.15, 0.2) is 35.7 Å². The first-order valence-electron chi connectivity index (χ1n) is 6.88. The molecule has 1 heterocycles. The fourth-order valence-electron chi connectivity index (χ4n) is 1.95. The van der Waals surface area contributed by atoms with E-state index < -0.39 is 5.60 Å². The van der Waals surface area contributed by atoms with Gasteiger partial charge < -0.3 is 20.5 Å². The van der Waals surface area contributed by atoms with Gasteiger partial charge in [0.2, 0.25) is 0 Å². The fourth-order valence-corrected chi connectivity index (χ4v) is 2.74. The van der Waals surface area contributed by atoms with Crippen LogP contribution >= 0.6 is 11.3 Å². The van der Waals surface area contributed by atoms with Gasteiger partial charge in [-0.05, 0) is 36.9 Å². The Bertz CT molecular complexity index is 639. The van der Waals surface area contributed by atoms with Gasteiger partial charge in [-0.15, -0.1) is 11.3 Å². The first-order valence-corrected chi connectivity index (χ1v) is 7.76. The zero-order valence-electron chi connectivity index (χ0n) is 12.8. The van der Waals surface area contributed by atoms with E-state index in [4.69, 9.17) is 4.74 Å². The minimum Gasteiger partial charge on any atom is -0.497 e. The summed E-state index contributed by atoms with van der Waals surface area (Å²) < 4.78 is 5.14. The molecule has 118 valence electrons. The summed E-state index contributed by atoms with van der Waals surface area (Å²) in [6, 6.07) is 8.81. The van der Waals surface area contributed by atoms with Gasteiger partial charge in [-0.3, -0.25) is 0 Å². The number of urea groups is 1. The SMILES string of the molecule is COc1ccc(C)c(NC(=O)NCC(C)(O)c2cccs2)c1. The van der Waals surface area contributed by atoms with Crippen molar-refractivity contribution < 1.29 is 14.6 Å². The highest BCUT2D eigenvalue weighted by Crippen LogP contribution is 2.25. The van der Waals surface area contributed by atoms with Crippen molar-refractivity contribution in [3.8, 4) is 5.75 Å². The predicted molar refractivity (Wildman–Crippen MR) is 88.6 cm³/mol. The standard InChI is InChI=1S/C16H20N2O3S/c1-11-6-7-12(21-3)9-13(11)18-15(19)17-10-16(2,20)14-5-4-8-22-14/h4-9,20H,10H2,1-3H3,(H2,17,18,19). The second-order valence-electron chi connectivity index (χ2n) is 5.24. The van der Waals surface area contributed by atoms with Crippen molar-refractivity contribution in [2.24, 2.45) is 0 Å². The first-order chi connectivity index (χ1) is 10.4. The van der Waals surface area contributed by atoms with E-state index in [9.17, 15) is 9.90 Å². The Labute approximate surface area is 133 Å². The average Bonchev–Trinajstić information content (AvgIpc) is 3.03. The van der Waals surface area contributed by atoms with Crippen molar-refractivity contribution in [2.75, 3.05) is 19.0 Å². The molecule has 22 heavy (non-hydrogen) atoms.